The van der Waals surface area contributed by atoms with Gasteiger partial charge in [-0.25, -0.2) is 39.7 Å². The molecule has 0 radical (unpaired) electrons. The van der Waals surface area contributed by atoms with E-state index >= 15 is 4.79 Å². The molecule has 1 aliphatic carbocycles. The molecule has 3 aliphatic heterocycles. The number of carboxylic acids is 1. The number of carbonyl (C=O) groups is 8. The van der Waals surface area contributed by atoms with Gasteiger partial charge < -0.3 is 56.9 Å². The number of alkyl carbamates (subject to hydrolysis) is 1. The highest BCUT2D eigenvalue weighted by Gasteiger charge is 2.48. The molecule has 32 heteroatoms. The number of amides is 6. The van der Waals surface area contributed by atoms with Crippen LogP contribution in [0, 0.1) is 18.8 Å². The number of primary amides is 1. The number of aliphatic hydroxyl groups excluding tert-OH is 1. The molecule has 7 aromatic heterocycles. The molecule has 7 atom stereocenters. The number of benzene rings is 2. The van der Waals surface area contributed by atoms with Crippen molar-refractivity contribution < 1.29 is 58.4 Å². The number of nitrogens with zero attached hydrogens (tertiary/aromatic N) is 9. The number of nitrogens with two attached hydrogens (primary N) is 1. The van der Waals surface area contributed by atoms with Crippen molar-refractivity contribution in [2.24, 2.45) is 17.6 Å². The van der Waals surface area contributed by atoms with E-state index in [4.69, 9.17) is 45.4 Å². The van der Waals surface area contributed by atoms with E-state index in [9.17, 15) is 48.9 Å². The number of fused-ring (bicyclic) bond motifs is 16. The number of phenols is 1. The lowest BCUT2D eigenvalue weighted by molar-refractivity contribution is -0.143. The Morgan fingerprint density at radius 3 is 2.12 bits per heavy atom. The van der Waals surface area contributed by atoms with Gasteiger partial charge in [-0.15, -0.1) is 68.0 Å². The van der Waals surface area contributed by atoms with Gasteiger partial charge in [0.15, 0.2) is 5.78 Å². The number of ketones is 1. The molecule has 2 aromatic carbocycles. The van der Waals surface area contributed by atoms with Gasteiger partial charge in [0.25, 0.3) is 17.7 Å². The Bertz CT molecular complexity index is 4540. The molecule has 4 aliphatic rings. The monoisotopic (exact) mass is 1460 g/mol. The number of Topliss-reactive ketones (excluding diaryl/α,β-unsaturated/α-hetero) is 1. The van der Waals surface area contributed by atoms with Gasteiger partial charge in [0.2, 0.25) is 11.8 Å². The number of hydrogen-bond donors (Lipinski definition) is 8. The summed E-state index contributed by atoms with van der Waals surface area (Å²) in [7, 11) is 0. The first-order valence-electron chi connectivity index (χ1n) is 32.5. The molecular weight excluding hydrogens is 1400 g/mol. The zero-order valence-corrected chi connectivity index (χ0v) is 58.8. The van der Waals surface area contributed by atoms with Gasteiger partial charge in [0, 0.05) is 81.1 Å². The summed E-state index contributed by atoms with van der Waals surface area (Å²) in [6.45, 7) is 6.32. The fraction of sp³-hybridized carbons (Fsp3) is 0.368. The molecule has 100 heavy (non-hydrogen) atoms. The Morgan fingerprint density at radius 2 is 1.37 bits per heavy atom. The molecular formula is C68H68N14O12S6. The van der Waals surface area contributed by atoms with E-state index < -0.39 is 102 Å². The summed E-state index contributed by atoms with van der Waals surface area (Å²) in [5.74, 6) is -6.59. The molecule has 518 valence electrons. The van der Waals surface area contributed by atoms with Crippen LogP contribution < -0.4 is 27.0 Å². The second-order valence-electron chi connectivity index (χ2n) is 25.1. The average Bonchev–Trinajstić information content (AvgIpc) is 1.62. The fourth-order valence-electron chi connectivity index (χ4n) is 12.9. The SMILES string of the molecule is Cc1sc2nc1C(=O)C[C@@H]([C@H](O)c1ccccc1)c1nc(cs1)C(=O)N[C@@H](Cc1ccc(O)cc1)C(=O)N1C[C@H](OC(=O)NCCN3CCCC3)[C@H](C)[C@H]1c1nc(cs1)-c1nc(cs1)-c1nc(-c3nc(C(=O)NC4CCC(C(=O)O)CC4)cs3)ccc1-c1nc(cs1)C(=O)N[C@H]2CC(N)=O. The van der Waals surface area contributed by atoms with Crippen LogP contribution in [0.1, 0.15) is 155 Å². The lowest BCUT2D eigenvalue weighted by Crippen LogP contribution is -2.50. The number of phenolic OH excluding ortho intramolecular Hbond substituents is 1. The van der Waals surface area contributed by atoms with Crippen LogP contribution >= 0.6 is 68.0 Å². The van der Waals surface area contributed by atoms with Crippen LogP contribution in [0.5, 0.6) is 5.75 Å². The Morgan fingerprint density at radius 1 is 0.710 bits per heavy atom. The summed E-state index contributed by atoms with van der Waals surface area (Å²) in [6, 6.07) is 14.9. The highest BCUT2D eigenvalue weighted by atomic mass is 32.1. The third-order valence-corrected chi connectivity index (χ3v) is 23.9. The topological polar surface area (TPSA) is 377 Å². The van der Waals surface area contributed by atoms with Crippen molar-refractivity contribution in [3.8, 4) is 49.1 Å². The van der Waals surface area contributed by atoms with E-state index in [1.54, 1.807) is 82.6 Å². The van der Waals surface area contributed by atoms with Crippen molar-refractivity contribution in [1.29, 1.82) is 0 Å². The van der Waals surface area contributed by atoms with E-state index in [0.717, 1.165) is 59.9 Å². The first-order valence-corrected chi connectivity index (χ1v) is 37.7. The number of hydrogen-bond acceptors (Lipinski definition) is 25. The Balaban J connectivity index is 0.889. The van der Waals surface area contributed by atoms with E-state index in [1.165, 1.54) is 51.5 Å². The van der Waals surface area contributed by atoms with Gasteiger partial charge in [-0.1, -0.05) is 49.4 Å². The van der Waals surface area contributed by atoms with Crippen molar-refractivity contribution in [2.75, 3.05) is 32.7 Å². The summed E-state index contributed by atoms with van der Waals surface area (Å²) in [6.07, 6.45) is 0.436. The number of aliphatic carboxylic acids is 1. The predicted octanol–water partition coefficient (Wildman–Crippen LogP) is 9.38. The second kappa shape index (κ2) is 30.4. The van der Waals surface area contributed by atoms with Crippen molar-refractivity contribution in [3.63, 3.8) is 0 Å². The van der Waals surface area contributed by atoms with Crippen molar-refractivity contribution in [1.82, 2.24) is 66.0 Å². The third-order valence-electron chi connectivity index (χ3n) is 18.3. The van der Waals surface area contributed by atoms with Crippen LogP contribution in [0.2, 0.25) is 0 Å². The minimum absolute atomic E-state index is 0.01000. The zero-order valence-electron chi connectivity index (χ0n) is 53.9. The molecule has 10 bridgehead atoms. The number of aliphatic hydroxyl groups is 1. The van der Waals surface area contributed by atoms with Crippen LogP contribution in [0.15, 0.2) is 93.6 Å². The van der Waals surface area contributed by atoms with Crippen LogP contribution in [-0.4, -0.2) is 158 Å². The van der Waals surface area contributed by atoms with E-state index in [1.807, 2.05) is 12.3 Å². The number of aromatic nitrogens is 7. The number of rotatable bonds is 14. The fourth-order valence-corrected chi connectivity index (χ4v) is 18.3. The number of carboxylic acid groups (broad SMARTS) is 1. The van der Waals surface area contributed by atoms with Gasteiger partial charge in [0.1, 0.15) is 82.8 Å². The molecule has 1 saturated carbocycles. The van der Waals surface area contributed by atoms with Crippen LogP contribution in [-0.2, 0) is 25.5 Å². The number of nitrogens with one attached hydrogen (secondary N) is 4. The molecule has 26 nitrogen and oxygen atoms in total. The lowest BCUT2D eigenvalue weighted by atomic mass is 9.86. The summed E-state index contributed by atoms with van der Waals surface area (Å²) in [4.78, 5) is 150. The number of pyridine rings is 1. The standard InChI is InChI=1S/C68H68N14O12S6/c1-33-51(94-68(93)70-20-23-81-21-6-7-22-81)27-82-55(33)65-79-49(32-99-65)63-75-45(28-97-63)54-40(18-19-42(72-54)62-78-46(31-98-62)57(87)71-38-14-12-37(13-15-38)67(91)92)60-76-47(29-95-60)58(88)73-43(26-52(69)85)64-80-53(34(2)100-64)50(84)25-41(56(86)36-8-4-3-5-9-36)61-77-48(30-96-61)59(89)74-44(66(82)90)24-35-10-16-39(83)17-11-35/h3-5,8-11,16-19,28-33,37-38,41,43-44,51,55-56,83,86H,6-7,12-15,20-27H2,1-2H3,(H2,69,85)(H,70,93)(H,71,87)(H,73,88)(H,74,89)(H,91,92)/t33-,37?,38?,41-,43-,44-,51-,55-,56+/m0/s1. The highest BCUT2D eigenvalue weighted by molar-refractivity contribution is 7.15. The number of aromatic hydroxyl groups is 1. The van der Waals surface area contributed by atoms with Crippen molar-refractivity contribution >= 4 is 115 Å². The van der Waals surface area contributed by atoms with Crippen molar-refractivity contribution in [2.45, 2.75) is 114 Å². The van der Waals surface area contributed by atoms with Crippen LogP contribution in [0.3, 0.4) is 0 Å². The Hall–Kier alpha value is -9.15. The van der Waals surface area contributed by atoms with Gasteiger partial charge in [-0.3, -0.25) is 33.6 Å². The largest absolute Gasteiger partial charge is 0.508 e. The quantitative estimate of drug-likeness (QED) is 0.0502. The Kier molecular flexibility index (Phi) is 21.1. The van der Waals surface area contributed by atoms with E-state index in [0.29, 0.717) is 103 Å². The first-order chi connectivity index (χ1) is 48.3. The third kappa shape index (κ3) is 15.6. The molecule has 10 heterocycles. The number of aryl methyl sites for hydroxylation is 1. The minimum Gasteiger partial charge on any atom is -0.508 e. The molecule has 0 unspecified atom stereocenters. The number of ether oxygens (including phenoxy) is 1. The lowest BCUT2D eigenvalue weighted by Gasteiger charge is -2.29. The zero-order chi connectivity index (χ0) is 69.9. The number of likely N-dealkylation sites (tertiary alicyclic amines) is 1. The number of carbonyl (C=O) groups excluding carboxylic acids is 7. The summed E-state index contributed by atoms with van der Waals surface area (Å²) < 4.78 is 6.19. The smallest absolute Gasteiger partial charge is 0.407 e. The molecule has 9 aromatic rings. The molecule has 9 N–H and O–H groups in total. The Labute approximate surface area is 596 Å². The maximum atomic E-state index is 15.8. The molecule has 13 rings (SSSR count). The normalized spacial score (nSPS) is 21.7. The summed E-state index contributed by atoms with van der Waals surface area (Å²) >= 11 is 6.99. The van der Waals surface area contributed by atoms with Gasteiger partial charge in [-0.05, 0) is 93.9 Å². The van der Waals surface area contributed by atoms with E-state index in [-0.39, 0.29) is 64.0 Å². The van der Waals surface area contributed by atoms with E-state index in [2.05, 4.69) is 26.2 Å². The van der Waals surface area contributed by atoms with Crippen LogP contribution in [0.4, 0.5) is 4.79 Å². The predicted molar refractivity (Wildman–Crippen MR) is 376 cm³/mol. The highest BCUT2D eigenvalue weighted by Crippen LogP contribution is 2.44. The van der Waals surface area contributed by atoms with Crippen molar-refractivity contribution in [3.05, 3.63) is 147 Å². The second-order valence-corrected chi connectivity index (χ2v) is 30.7. The minimum atomic E-state index is -1.33. The maximum Gasteiger partial charge on any atom is 0.407 e. The van der Waals surface area contributed by atoms with Gasteiger partial charge in [-0.2, -0.15) is 0 Å². The molecule has 3 fully saturated rings. The summed E-state index contributed by atoms with van der Waals surface area (Å²) in [5, 5.41) is 54.2. The van der Waals surface area contributed by atoms with Gasteiger partial charge >= 0.3 is 12.1 Å². The summed E-state index contributed by atoms with van der Waals surface area (Å²) in [5.41, 5.74) is 8.87. The average molecular weight is 1470 g/mol. The van der Waals surface area contributed by atoms with Crippen LogP contribution in [0.25, 0.3) is 43.4 Å². The molecule has 0 spiro atoms. The molecule has 2 saturated heterocycles. The van der Waals surface area contributed by atoms with Gasteiger partial charge in [0.05, 0.1) is 47.8 Å². The number of thiazole rings is 6. The first kappa shape index (κ1) is 69.3. The maximum absolute atomic E-state index is 15.8. The molecule has 6 amide bonds.